The Bertz CT molecular complexity index is 283. The van der Waals surface area contributed by atoms with Gasteiger partial charge in [-0.05, 0) is 23.8 Å². The van der Waals surface area contributed by atoms with Crippen LogP contribution in [0.3, 0.4) is 0 Å². The summed E-state index contributed by atoms with van der Waals surface area (Å²) in [4.78, 5) is -1.00. The summed E-state index contributed by atoms with van der Waals surface area (Å²) >= 11 is 16.4. The van der Waals surface area contributed by atoms with E-state index in [1.165, 1.54) is 6.07 Å². The summed E-state index contributed by atoms with van der Waals surface area (Å²) in [7, 11) is 0. The lowest BCUT2D eigenvalue weighted by Gasteiger charge is -2.11. The van der Waals surface area contributed by atoms with Crippen molar-refractivity contribution in [3.05, 3.63) is 34.6 Å². The summed E-state index contributed by atoms with van der Waals surface area (Å²) in [5, 5.41) is 9.55. The summed E-state index contributed by atoms with van der Waals surface area (Å²) in [6, 6.07) is 3.68. The highest BCUT2D eigenvalue weighted by Crippen LogP contribution is 2.26. The van der Waals surface area contributed by atoms with Crippen LogP contribution in [0.1, 0.15) is 11.7 Å². The molecular weight excluding hydrogens is 237 g/mol. The van der Waals surface area contributed by atoms with Crippen LogP contribution in [0, 0.1) is 5.82 Å². The average Bonchev–Trinajstić information content (AvgIpc) is 2.01. The third-order valence-corrected chi connectivity index (χ3v) is 2.16. The van der Waals surface area contributed by atoms with Crippen molar-refractivity contribution in [1.29, 1.82) is 0 Å². The van der Waals surface area contributed by atoms with E-state index >= 15 is 0 Å². The Morgan fingerprint density at radius 1 is 1.23 bits per heavy atom. The third kappa shape index (κ3) is 2.99. The Balaban J connectivity index is 3.01. The number of halogens is 4. The van der Waals surface area contributed by atoms with Gasteiger partial charge >= 0.3 is 0 Å². The maximum Gasteiger partial charge on any atom is 0.137 e. The fourth-order valence-electron chi connectivity index (χ4n) is 0.891. The van der Waals surface area contributed by atoms with Gasteiger partial charge in [-0.25, -0.2) is 4.39 Å². The summed E-state index contributed by atoms with van der Waals surface area (Å²) in [5.41, 5.74) is 0.264. The van der Waals surface area contributed by atoms with Gasteiger partial charge in [-0.2, -0.15) is 0 Å². The van der Waals surface area contributed by atoms with Crippen LogP contribution in [0.4, 0.5) is 4.39 Å². The predicted octanol–water partition coefficient (Wildman–Crippen LogP) is 3.32. The van der Waals surface area contributed by atoms with Crippen LogP contribution in [0.15, 0.2) is 18.2 Å². The van der Waals surface area contributed by atoms with E-state index in [9.17, 15) is 9.50 Å². The summed E-state index contributed by atoms with van der Waals surface area (Å²) < 4.78 is 12.8. The highest BCUT2D eigenvalue weighted by atomic mass is 35.5. The van der Waals surface area contributed by atoms with Crippen LogP contribution >= 0.6 is 34.8 Å². The normalized spacial score (nSPS) is 13.4. The second-order valence-corrected chi connectivity index (χ2v) is 4.08. The molecule has 0 saturated carbocycles. The maximum atomic E-state index is 12.8. The molecule has 72 valence electrons. The van der Waals surface area contributed by atoms with Gasteiger partial charge in [0.1, 0.15) is 16.8 Å². The quantitative estimate of drug-likeness (QED) is 0.790. The number of hydrogen-bond acceptors (Lipinski definition) is 1. The molecule has 0 amide bonds. The fraction of sp³-hybridized carbons (Fsp3) is 0.250. The number of benzene rings is 1. The zero-order valence-corrected chi connectivity index (χ0v) is 8.61. The molecule has 0 fully saturated rings. The molecule has 0 aliphatic rings. The van der Waals surface area contributed by atoms with Crippen molar-refractivity contribution in [3.63, 3.8) is 0 Å². The van der Waals surface area contributed by atoms with Gasteiger partial charge < -0.3 is 5.11 Å². The second-order valence-electron chi connectivity index (χ2n) is 2.48. The van der Waals surface area contributed by atoms with Gasteiger partial charge in [0.05, 0.1) is 0 Å². The van der Waals surface area contributed by atoms with Crippen molar-refractivity contribution < 1.29 is 9.50 Å². The van der Waals surface area contributed by atoms with Gasteiger partial charge in [0.2, 0.25) is 0 Å². The molecule has 1 atom stereocenters. The Morgan fingerprint density at radius 3 is 2.31 bits per heavy atom. The van der Waals surface area contributed by atoms with Crippen LogP contribution in [-0.2, 0) is 0 Å². The van der Waals surface area contributed by atoms with E-state index in [0.717, 1.165) is 12.1 Å². The number of hydrogen-bond donors (Lipinski definition) is 1. The van der Waals surface area contributed by atoms with E-state index < -0.39 is 16.8 Å². The zero-order chi connectivity index (χ0) is 10.0. The molecule has 1 aromatic carbocycles. The Kier molecular flexibility index (Phi) is 3.80. The van der Waals surface area contributed by atoms with Crippen LogP contribution < -0.4 is 0 Å². The Morgan fingerprint density at radius 2 is 1.85 bits per heavy atom. The van der Waals surface area contributed by atoms with Gasteiger partial charge in [-0.1, -0.05) is 11.6 Å². The molecule has 1 aromatic rings. The minimum atomic E-state index is -1.13. The Labute approximate surface area is 90.0 Å². The number of aliphatic hydroxyl groups is 1. The van der Waals surface area contributed by atoms with Crippen LogP contribution in [0.5, 0.6) is 0 Å². The average molecular weight is 243 g/mol. The lowest BCUT2D eigenvalue weighted by atomic mass is 10.1. The molecule has 1 rings (SSSR count). The molecule has 0 saturated heterocycles. The summed E-state index contributed by atoms with van der Waals surface area (Å²) in [6.07, 6.45) is -1.13. The fourth-order valence-corrected chi connectivity index (χ4v) is 1.41. The van der Waals surface area contributed by atoms with E-state index in [1.54, 1.807) is 0 Å². The number of aliphatic hydroxyl groups excluding tert-OH is 1. The van der Waals surface area contributed by atoms with E-state index in [-0.39, 0.29) is 10.6 Å². The highest BCUT2D eigenvalue weighted by molar-refractivity contribution is 6.44. The van der Waals surface area contributed by atoms with E-state index in [0.29, 0.717) is 0 Å². The molecule has 5 heteroatoms. The van der Waals surface area contributed by atoms with Gasteiger partial charge in [-0.15, -0.1) is 23.2 Å². The molecule has 1 unspecified atom stereocenters. The van der Waals surface area contributed by atoms with Gasteiger partial charge in [0, 0.05) is 5.02 Å². The molecule has 13 heavy (non-hydrogen) atoms. The molecule has 0 heterocycles. The van der Waals surface area contributed by atoms with Crippen molar-refractivity contribution in [2.24, 2.45) is 0 Å². The zero-order valence-electron chi connectivity index (χ0n) is 6.35. The first kappa shape index (κ1) is 11.1. The Hall–Kier alpha value is -0.0200. The van der Waals surface area contributed by atoms with Gasteiger partial charge in [0.25, 0.3) is 0 Å². The molecule has 0 spiro atoms. The number of alkyl halides is 2. The van der Waals surface area contributed by atoms with Crippen molar-refractivity contribution in [1.82, 2.24) is 0 Å². The van der Waals surface area contributed by atoms with E-state index in [2.05, 4.69) is 0 Å². The third-order valence-electron chi connectivity index (χ3n) is 1.47. The lowest BCUT2D eigenvalue weighted by Crippen LogP contribution is -2.06. The topological polar surface area (TPSA) is 20.2 Å². The largest absolute Gasteiger partial charge is 0.386 e. The van der Waals surface area contributed by atoms with Gasteiger partial charge in [-0.3, -0.25) is 0 Å². The minimum Gasteiger partial charge on any atom is -0.386 e. The monoisotopic (exact) mass is 242 g/mol. The first-order chi connectivity index (χ1) is 6.00. The van der Waals surface area contributed by atoms with Crippen LogP contribution in [0.25, 0.3) is 0 Å². The maximum absolute atomic E-state index is 12.8. The van der Waals surface area contributed by atoms with Crippen LogP contribution in [0.2, 0.25) is 5.02 Å². The molecular formula is C8H6Cl3FO. The molecule has 0 bridgehead atoms. The smallest absolute Gasteiger partial charge is 0.137 e. The van der Waals surface area contributed by atoms with Crippen molar-refractivity contribution in [2.45, 2.75) is 10.9 Å². The van der Waals surface area contributed by atoms with Crippen molar-refractivity contribution in [3.8, 4) is 0 Å². The summed E-state index contributed by atoms with van der Waals surface area (Å²) in [5.74, 6) is -0.532. The van der Waals surface area contributed by atoms with Crippen molar-refractivity contribution in [2.75, 3.05) is 0 Å². The molecule has 0 aliphatic carbocycles. The first-order valence-electron chi connectivity index (χ1n) is 3.43. The molecule has 0 aromatic heterocycles. The highest BCUT2D eigenvalue weighted by Gasteiger charge is 2.16. The predicted molar refractivity (Wildman–Crippen MR) is 51.9 cm³/mol. The molecule has 0 aliphatic heterocycles. The van der Waals surface area contributed by atoms with Crippen LogP contribution in [-0.4, -0.2) is 9.94 Å². The van der Waals surface area contributed by atoms with Crippen molar-refractivity contribution >= 4 is 34.8 Å². The SMILES string of the molecule is OC(c1cc(F)cc(Cl)c1)C(Cl)Cl. The first-order valence-corrected chi connectivity index (χ1v) is 4.68. The summed E-state index contributed by atoms with van der Waals surface area (Å²) in [6.45, 7) is 0. The lowest BCUT2D eigenvalue weighted by molar-refractivity contribution is 0.192. The van der Waals surface area contributed by atoms with E-state index in [4.69, 9.17) is 34.8 Å². The molecule has 0 radical (unpaired) electrons. The molecule has 1 N–H and O–H groups in total. The standard InChI is InChI=1S/C8H6Cl3FO/c9-5-1-4(2-6(12)3-5)7(13)8(10)11/h1-3,7-8,13H. The molecule has 1 nitrogen and oxygen atoms in total. The second kappa shape index (κ2) is 4.47. The number of rotatable bonds is 2. The van der Waals surface area contributed by atoms with E-state index in [1.807, 2.05) is 0 Å². The minimum absolute atomic E-state index is 0.197. The van der Waals surface area contributed by atoms with Gasteiger partial charge in [0.15, 0.2) is 0 Å².